The Hall–Kier alpha value is -1.06. The van der Waals surface area contributed by atoms with E-state index in [4.69, 9.17) is 4.74 Å². The Bertz CT molecular complexity index is 311. The maximum Gasteiger partial charge on any atom is 0.119 e. The number of rotatable bonds is 9. The maximum atomic E-state index is 9.20. The number of hydrogen-bond acceptors (Lipinski definition) is 3. The molecule has 1 aromatic rings. The molecule has 0 saturated heterocycles. The summed E-state index contributed by atoms with van der Waals surface area (Å²) in [6, 6.07) is 8.33. The summed E-state index contributed by atoms with van der Waals surface area (Å²) in [5.74, 6) is 0.902. The minimum Gasteiger partial charge on any atom is -0.494 e. The first kappa shape index (κ1) is 15.0. The molecule has 3 heteroatoms. The minimum absolute atomic E-state index is 0.139. The van der Waals surface area contributed by atoms with Crippen LogP contribution in [0.5, 0.6) is 5.75 Å². The van der Waals surface area contributed by atoms with Crippen LogP contribution in [0.4, 0.5) is 0 Å². The van der Waals surface area contributed by atoms with E-state index >= 15 is 0 Å². The van der Waals surface area contributed by atoms with Gasteiger partial charge in [0.05, 0.1) is 13.2 Å². The van der Waals surface area contributed by atoms with E-state index in [9.17, 15) is 5.11 Å². The van der Waals surface area contributed by atoms with Gasteiger partial charge < -0.3 is 15.2 Å². The highest BCUT2D eigenvalue weighted by molar-refractivity contribution is 5.27. The van der Waals surface area contributed by atoms with Crippen LogP contribution in [0.1, 0.15) is 32.3 Å². The molecule has 1 atom stereocenters. The highest BCUT2D eigenvalue weighted by Crippen LogP contribution is 2.12. The number of aliphatic hydroxyl groups is 1. The van der Waals surface area contributed by atoms with Gasteiger partial charge in [0.1, 0.15) is 5.75 Å². The molecule has 0 aliphatic heterocycles. The van der Waals surface area contributed by atoms with Gasteiger partial charge in [0.25, 0.3) is 0 Å². The molecule has 1 aromatic carbocycles. The van der Waals surface area contributed by atoms with Crippen LogP contribution >= 0.6 is 0 Å². The van der Waals surface area contributed by atoms with Crippen molar-refractivity contribution in [3.05, 3.63) is 29.8 Å². The lowest BCUT2D eigenvalue weighted by Gasteiger charge is -2.16. The predicted molar refractivity (Wildman–Crippen MR) is 75.1 cm³/mol. The van der Waals surface area contributed by atoms with Crippen LogP contribution in [0.3, 0.4) is 0 Å². The number of benzene rings is 1. The molecule has 0 fully saturated rings. The van der Waals surface area contributed by atoms with E-state index in [0.717, 1.165) is 31.6 Å². The summed E-state index contributed by atoms with van der Waals surface area (Å²) in [7, 11) is 0. The van der Waals surface area contributed by atoms with Crippen LogP contribution < -0.4 is 10.1 Å². The summed E-state index contributed by atoms with van der Waals surface area (Å²) in [4.78, 5) is 0. The zero-order valence-electron chi connectivity index (χ0n) is 11.5. The largest absolute Gasteiger partial charge is 0.494 e. The zero-order valence-corrected chi connectivity index (χ0v) is 11.5. The maximum absolute atomic E-state index is 9.20. The Morgan fingerprint density at radius 2 is 1.94 bits per heavy atom. The Kier molecular flexibility index (Phi) is 7.46. The van der Waals surface area contributed by atoms with Gasteiger partial charge in [0, 0.05) is 6.04 Å². The smallest absolute Gasteiger partial charge is 0.119 e. The molecule has 0 aromatic heterocycles. The number of aliphatic hydroxyl groups excluding tert-OH is 1. The molecule has 0 aliphatic carbocycles. The Balaban J connectivity index is 2.26. The Morgan fingerprint density at radius 3 is 2.50 bits per heavy atom. The molecule has 102 valence electrons. The van der Waals surface area contributed by atoms with Crippen molar-refractivity contribution in [3.8, 4) is 5.75 Å². The van der Waals surface area contributed by atoms with Gasteiger partial charge in [0.2, 0.25) is 0 Å². The fraction of sp³-hybridized carbons (Fsp3) is 0.600. The molecule has 0 bridgehead atoms. The van der Waals surface area contributed by atoms with Crippen LogP contribution in [-0.2, 0) is 6.42 Å². The molecular weight excluding hydrogens is 226 g/mol. The van der Waals surface area contributed by atoms with E-state index in [-0.39, 0.29) is 12.6 Å². The molecular formula is C15H25NO2. The Morgan fingerprint density at radius 1 is 1.22 bits per heavy atom. The van der Waals surface area contributed by atoms with E-state index in [0.29, 0.717) is 6.61 Å². The summed E-state index contributed by atoms with van der Waals surface area (Å²) in [5.41, 5.74) is 1.32. The van der Waals surface area contributed by atoms with Crippen LogP contribution in [-0.4, -0.2) is 30.9 Å². The first-order chi connectivity index (χ1) is 8.80. The molecule has 2 N–H and O–H groups in total. The summed E-state index contributed by atoms with van der Waals surface area (Å²) < 4.78 is 5.67. The summed E-state index contributed by atoms with van der Waals surface area (Å²) in [6.07, 6.45) is 2.95. The van der Waals surface area contributed by atoms with Crippen molar-refractivity contribution in [2.24, 2.45) is 0 Å². The number of hydrogen-bond donors (Lipinski definition) is 2. The van der Waals surface area contributed by atoms with Crippen molar-refractivity contribution in [1.82, 2.24) is 5.32 Å². The van der Waals surface area contributed by atoms with Gasteiger partial charge in [-0.05, 0) is 43.5 Å². The van der Waals surface area contributed by atoms with Crippen LogP contribution in [0, 0.1) is 0 Å². The average Bonchev–Trinajstić information content (AvgIpc) is 2.43. The summed E-state index contributed by atoms with van der Waals surface area (Å²) in [5, 5.41) is 12.5. The molecule has 3 nitrogen and oxygen atoms in total. The highest BCUT2D eigenvalue weighted by Gasteiger charge is 2.05. The standard InChI is InChI=1S/C15H25NO2/c1-3-10-16-14(12-17)9-11-18-15-7-5-13(4-2)6-8-15/h5-8,14,16-17H,3-4,9-12H2,1-2H3. The van der Waals surface area contributed by atoms with E-state index in [1.54, 1.807) is 0 Å². The van der Waals surface area contributed by atoms with E-state index < -0.39 is 0 Å². The molecule has 0 heterocycles. The van der Waals surface area contributed by atoms with Crippen LogP contribution in [0.2, 0.25) is 0 Å². The van der Waals surface area contributed by atoms with Crippen molar-refractivity contribution in [2.45, 2.75) is 39.2 Å². The van der Waals surface area contributed by atoms with Crippen LogP contribution in [0.25, 0.3) is 0 Å². The first-order valence-electron chi connectivity index (χ1n) is 6.86. The van der Waals surface area contributed by atoms with Gasteiger partial charge in [-0.25, -0.2) is 0 Å². The fourth-order valence-corrected chi connectivity index (χ4v) is 1.75. The van der Waals surface area contributed by atoms with Crippen molar-refractivity contribution in [2.75, 3.05) is 19.8 Å². The van der Waals surface area contributed by atoms with Gasteiger partial charge in [-0.15, -0.1) is 0 Å². The van der Waals surface area contributed by atoms with Gasteiger partial charge in [-0.3, -0.25) is 0 Å². The predicted octanol–water partition coefficient (Wildman–Crippen LogP) is 2.38. The number of ether oxygens (including phenoxy) is 1. The molecule has 0 radical (unpaired) electrons. The van der Waals surface area contributed by atoms with Crippen molar-refractivity contribution < 1.29 is 9.84 Å². The van der Waals surface area contributed by atoms with Gasteiger partial charge in [0.15, 0.2) is 0 Å². The molecule has 0 amide bonds. The normalized spacial score (nSPS) is 12.4. The quantitative estimate of drug-likeness (QED) is 0.708. The van der Waals surface area contributed by atoms with Crippen molar-refractivity contribution in [1.29, 1.82) is 0 Å². The highest BCUT2D eigenvalue weighted by atomic mass is 16.5. The first-order valence-corrected chi connectivity index (χ1v) is 6.86. The SMILES string of the molecule is CCCNC(CO)CCOc1ccc(CC)cc1. The topological polar surface area (TPSA) is 41.5 Å². The average molecular weight is 251 g/mol. The minimum atomic E-state index is 0.139. The third kappa shape index (κ3) is 5.52. The van der Waals surface area contributed by atoms with E-state index in [1.807, 2.05) is 12.1 Å². The van der Waals surface area contributed by atoms with Gasteiger partial charge in [-0.2, -0.15) is 0 Å². The van der Waals surface area contributed by atoms with Crippen molar-refractivity contribution in [3.63, 3.8) is 0 Å². The summed E-state index contributed by atoms with van der Waals surface area (Å²) in [6.45, 7) is 6.00. The lowest BCUT2D eigenvalue weighted by Crippen LogP contribution is -2.34. The third-order valence-electron chi connectivity index (χ3n) is 2.97. The second-order valence-electron chi connectivity index (χ2n) is 4.47. The molecule has 0 aliphatic rings. The van der Waals surface area contributed by atoms with E-state index in [1.165, 1.54) is 5.56 Å². The third-order valence-corrected chi connectivity index (χ3v) is 2.97. The fourth-order valence-electron chi connectivity index (χ4n) is 1.75. The van der Waals surface area contributed by atoms with Crippen LogP contribution in [0.15, 0.2) is 24.3 Å². The second kappa shape index (κ2) is 8.95. The Labute approximate surface area is 110 Å². The van der Waals surface area contributed by atoms with E-state index in [2.05, 4.69) is 31.3 Å². The van der Waals surface area contributed by atoms with Gasteiger partial charge in [-0.1, -0.05) is 26.0 Å². The number of nitrogens with one attached hydrogen (secondary N) is 1. The molecule has 0 spiro atoms. The van der Waals surface area contributed by atoms with Gasteiger partial charge >= 0.3 is 0 Å². The lowest BCUT2D eigenvalue weighted by atomic mass is 10.2. The second-order valence-corrected chi connectivity index (χ2v) is 4.47. The summed E-state index contributed by atoms with van der Waals surface area (Å²) >= 11 is 0. The number of aryl methyl sites for hydroxylation is 1. The zero-order chi connectivity index (χ0) is 13.2. The lowest BCUT2D eigenvalue weighted by molar-refractivity contribution is 0.209. The monoisotopic (exact) mass is 251 g/mol. The molecule has 1 unspecified atom stereocenters. The molecule has 1 rings (SSSR count). The molecule has 18 heavy (non-hydrogen) atoms. The molecule has 0 saturated carbocycles. The van der Waals surface area contributed by atoms with Crippen molar-refractivity contribution >= 4 is 0 Å².